The van der Waals surface area contributed by atoms with E-state index in [1.54, 1.807) is 32.0 Å². The average molecular weight is 371 g/mol. The van der Waals surface area contributed by atoms with Gasteiger partial charge in [0.1, 0.15) is 10.7 Å². The normalized spacial score (nSPS) is 11.0. The maximum Gasteiger partial charge on any atom is 0.335 e. The van der Waals surface area contributed by atoms with Crippen molar-refractivity contribution in [1.29, 1.82) is 0 Å². The van der Waals surface area contributed by atoms with Crippen molar-refractivity contribution in [3.63, 3.8) is 0 Å². The van der Waals surface area contributed by atoms with Gasteiger partial charge in [0.05, 0.1) is 5.02 Å². The van der Waals surface area contributed by atoms with Crippen molar-refractivity contribution in [3.8, 4) is 0 Å². The molecule has 0 bridgehead atoms. The zero-order chi connectivity index (χ0) is 17.9. The highest BCUT2D eigenvalue weighted by Gasteiger charge is 2.21. The Bertz CT molecular complexity index is 872. The number of halogens is 1. The summed E-state index contributed by atoms with van der Waals surface area (Å²) < 4.78 is 26.2. The van der Waals surface area contributed by atoms with E-state index in [-0.39, 0.29) is 15.9 Å². The zero-order valence-electron chi connectivity index (χ0n) is 13.1. The van der Waals surface area contributed by atoms with Crippen LogP contribution in [0.2, 0.25) is 5.02 Å². The van der Waals surface area contributed by atoms with E-state index in [0.29, 0.717) is 11.8 Å². The van der Waals surface area contributed by atoms with Gasteiger partial charge in [-0.15, -0.1) is 0 Å². The number of aryl methyl sites for hydroxylation is 1. The van der Waals surface area contributed by atoms with Gasteiger partial charge in [-0.3, -0.25) is 5.32 Å². The lowest BCUT2D eigenvalue weighted by molar-refractivity contribution is 0.256. The summed E-state index contributed by atoms with van der Waals surface area (Å²) >= 11 is 5.84. The molecule has 9 nitrogen and oxygen atoms in total. The summed E-state index contributed by atoms with van der Waals surface area (Å²) in [6.45, 7) is 1.62. The molecule has 0 radical (unpaired) electrons. The number of nitrogens with zero attached hydrogens (tertiary/aromatic N) is 4. The number of carbonyl (C=O) groups is 1. The van der Waals surface area contributed by atoms with Crippen LogP contribution in [0.1, 0.15) is 5.82 Å². The molecular weight excluding hydrogens is 356 g/mol. The fourth-order valence-corrected chi connectivity index (χ4v) is 3.12. The van der Waals surface area contributed by atoms with Gasteiger partial charge in [-0.25, -0.2) is 17.9 Å². The number of anilines is 2. The third kappa shape index (κ3) is 4.30. The largest absolute Gasteiger partial charge is 0.347 e. The Kier molecular flexibility index (Phi) is 5.20. The van der Waals surface area contributed by atoms with E-state index in [1.165, 1.54) is 18.2 Å². The third-order valence-electron chi connectivity index (χ3n) is 2.71. The van der Waals surface area contributed by atoms with Crippen LogP contribution in [0.4, 0.5) is 16.7 Å². The smallest absolute Gasteiger partial charge is 0.335 e. The van der Waals surface area contributed by atoms with Gasteiger partial charge in [-0.05, 0) is 19.1 Å². The number of nitrogens with one attached hydrogen (secondary N) is 2. The number of hydrogen-bond acceptors (Lipinski definition) is 7. The number of urea groups is 1. The molecule has 0 fully saturated rings. The van der Waals surface area contributed by atoms with Crippen molar-refractivity contribution < 1.29 is 13.2 Å². The van der Waals surface area contributed by atoms with Gasteiger partial charge in [0, 0.05) is 14.1 Å². The van der Waals surface area contributed by atoms with Crippen molar-refractivity contribution in [2.75, 3.05) is 24.3 Å². The first-order valence-electron chi connectivity index (χ1n) is 6.67. The average Bonchev–Trinajstić information content (AvgIpc) is 2.45. The van der Waals surface area contributed by atoms with Crippen LogP contribution in [0.5, 0.6) is 0 Å². The van der Waals surface area contributed by atoms with E-state index in [9.17, 15) is 13.2 Å². The molecule has 128 valence electrons. The molecule has 0 aliphatic carbocycles. The van der Waals surface area contributed by atoms with E-state index in [4.69, 9.17) is 11.6 Å². The minimum atomic E-state index is -4.12. The highest BCUT2D eigenvalue weighted by molar-refractivity contribution is 7.90. The molecule has 1 aromatic heterocycles. The van der Waals surface area contributed by atoms with Gasteiger partial charge in [0.15, 0.2) is 0 Å². The minimum absolute atomic E-state index is 0.00343. The van der Waals surface area contributed by atoms with E-state index < -0.39 is 16.1 Å². The van der Waals surface area contributed by atoms with Crippen LogP contribution in [-0.2, 0) is 10.0 Å². The summed E-state index contributed by atoms with van der Waals surface area (Å²) in [5, 5.41) is 2.27. The summed E-state index contributed by atoms with van der Waals surface area (Å²) in [6.07, 6.45) is 0. The van der Waals surface area contributed by atoms with Gasteiger partial charge in [-0.2, -0.15) is 15.0 Å². The number of aromatic nitrogens is 3. The van der Waals surface area contributed by atoms with E-state index in [0.717, 1.165) is 0 Å². The number of amides is 2. The molecule has 0 aliphatic rings. The molecule has 0 atom stereocenters. The summed E-state index contributed by atoms with van der Waals surface area (Å²) in [5.74, 6) is 0.628. The van der Waals surface area contributed by atoms with Crippen LogP contribution in [-0.4, -0.2) is 43.5 Å². The Balaban J connectivity index is 2.18. The summed E-state index contributed by atoms with van der Waals surface area (Å²) in [4.78, 5) is 25.4. The quantitative estimate of drug-likeness (QED) is 0.835. The number of rotatable bonds is 4. The molecule has 11 heteroatoms. The Labute approximate surface area is 144 Å². The SMILES string of the molecule is Cc1nc(NC(=O)NS(=O)(=O)c2ccccc2Cl)nc(N(C)C)n1. The second-order valence-corrected chi connectivity index (χ2v) is 6.95. The van der Waals surface area contributed by atoms with Gasteiger partial charge in [0.25, 0.3) is 10.0 Å². The van der Waals surface area contributed by atoms with E-state index in [2.05, 4.69) is 20.3 Å². The molecule has 2 N–H and O–H groups in total. The molecule has 0 saturated heterocycles. The van der Waals surface area contributed by atoms with Crippen molar-refractivity contribution in [1.82, 2.24) is 19.7 Å². The van der Waals surface area contributed by atoms with Crippen LogP contribution in [0.15, 0.2) is 29.2 Å². The lowest BCUT2D eigenvalue weighted by atomic mass is 10.4. The Morgan fingerprint density at radius 2 is 1.83 bits per heavy atom. The fraction of sp³-hybridized carbons (Fsp3) is 0.231. The Hall–Kier alpha value is -2.46. The first-order chi connectivity index (χ1) is 11.2. The predicted molar refractivity (Wildman–Crippen MR) is 89.7 cm³/mol. The van der Waals surface area contributed by atoms with Gasteiger partial charge in [-0.1, -0.05) is 23.7 Å². The van der Waals surface area contributed by atoms with Crippen LogP contribution in [0.3, 0.4) is 0 Å². The second kappa shape index (κ2) is 6.97. The highest BCUT2D eigenvalue weighted by Crippen LogP contribution is 2.20. The van der Waals surface area contributed by atoms with Gasteiger partial charge in [0.2, 0.25) is 11.9 Å². The third-order valence-corrected chi connectivity index (χ3v) is 4.54. The summed E-state index contributed by atoms with van der Waals surface area (Å²) in [7, 11) is -0.677. The molecule has 1 heterocycles. The number of benzene rings is 1. The maximum atomic E-state index is 12.2. The van der Waals surface area contributed by atoms with E-state index >= 15 is 0 Å². The van der Waals surface area contributed by atoms with E-state index in [1.807, 2.05) is 4.72 Å². The molecule has 2 aromatic rings. The lowest BCUT2D eigenvalue weighted by Gasteiger charge is -2.12. The molecule has 2 rings (SSSR count). The molecule has 0 aliphatic heterocycles. The molecular formula is C13H15ClN6O3S. The van der Waals surface area contributed by atoms with Crippen LogP contribution in [0.25, 0.3) is 0 Å². The fourth-order valence-electron chi connectivity index (χ4n) is 1.69. The Morgan fingerprint density at radius 3 is 2.46 bits per heavy atom. The summed E-state index contributed by atoms with van der Waals surface area (Å²) in [6, 6.07) is 4.77. The van der Waals surface area contributed by atoms with Gasteiger partial charge < -0.3 is 4.90 Å². The lowest BCUT2D eigenvalue weighted by Crippen LogP contribution is -2.35. The molecule has 0 saturated carbocycles. The minimum Gasteiger partial charge on any atom is -0.347 e. The number of sulfonamides is 1. The zero-order valence-corrected chi connectivity index (χ0v) is 14.7. The monoisotopic (exact) mass is 370 g/mol. The van der Waals surface area contributed by atoms with Crippen molar-refractivity contribution in [2.45, 2.75) is 11.8 Å². The summed E-state index contributed by atoms with van der Waals surface area (Å²) in [5.41, 5.74) is 0. The first-order valence-corrected chi connectivity index (χ1v) is 8.53. The highest BCUT2D eigenvalue weighted by atomic mass is 35.5. The van der Waals surface area contributed by atoms with Crippen LogP contribution in [0, 0.1) is 6.92 Å². The van der Waals surface area contributed by atoms with Gasteiger partial charge >= 0.3 is 6.03 Å². The van der Waals surface area contributed by atoms with Crippen molar-refractivity contribution >= 4 is 39.6 Å². The topological polar surface area (TPSA) is 117 Å². The number of carbonyl (C=O) groups excluding carboxylic acids is 1. The predicted octanol–water partition coefficient (Wildman–Crippen LogP) is 1.41. The molecule has 0 spiro atoms. The standard InChI is InChI=1S/C13H15ClN6O3S/c1-8-15-11(17-12(16-8)20(2)3)18-13(21)19-24(22,23)10-7-5-4-6-9(10)14/h4-7H,1-3H3,(H2,15,16,17,18,19,21). The second-order valence-electron chi connectivity index (χ2n) is 4.89. The molecule has 2 amide bonds. The van der Waals surface area contributed by atoms with Crippen molar-refractivity contribution in [3.05, 3.63) is 35.1 Å². The maximum absolute atomic E-state index is 12.2. The van der Waals surface area contributed by atoms with Crippen LogP contribution < -0.4 is 14.9 Å². The first kappa shape index (κ1) is 17.9. The number of hydrogen-bond donors (Lipinski definition) is 2. The van der Waals surface area contributed by atoms with Crippen LogP contribution >= 0.6 is 11.6 Å². The molecule has 1 aromatic carbocycles. The van der Waals surface area contributed by atoms with Crippen molar-refractivity contribution in [2.24, 2.45) is 0 Å². The Morgan fingerprint density at radius 1 is 1.17 bits per heavy atom. The molecule has 24 heavy (non-hydrogen) atoms. The molecule has 0 unspecified atom stereocenters.